The van der Waals surface area contributed by atoms with Crippen LogP contribution < -0.4 is 10.5 Å². The van der Waals surface area contributed by atoms with Crippen molar-refractivity contribution >= 4 is 0 Å². The predicted octanol–water partition coefficient (Wildman–Crippen LogP) is 3.87. The van der Waals surface area contributed by atoms with Gasteiger partial charge in [-0.1, -0.05) is 26.2 Å². The van der Waals surface area contributed by atoms with E-state index in [-0.39, 0.29) is 17.1 Å². The van der Waals surface area contributed by atoms with Crippen LogP contribution in [-0.4, -0.2) is 11.5 Å². The zero-order chi connectivity index (χ0) is 14.5. The molecule has 0 radical (unpaired) electrons. The highest BCUT2D eigenvalue weighted by Crippen LogP contribution is 2.32. The van der Waals surface area contributed by atoms with Crippen molar-refractivity contribution in [3.05, 3.63) is 23.8 Å². The van der Waals surface area contributed by atoms with Crippen LogP contribution in [0.1, 0.15) is 44.2 Å². The molecular formula is C13H18F3NO2. The maximum Gasteiger partial charge on any atom is 0.573 e. The van der Waals surface area contributed by atoms with Gasteiger partial charge in [0.25, 0.3) is 0 Å². The fraction of sp³-hybridized carbons (Fsp3) is 0.538. The molecule has 0 aliphatic rings. The first-order chi connectivity index (χ1) is 8.83. The largest absolute Gasteiger partial charge is 0.573 e. The molecule has 3 nitrogen and oxygen atoms in total. The summed E-state index contributed by atoms with van der Waals surface area (Å²) in [5.41, 5.74) is 6.15. The highest BCUT2D eigenvalue weighted by molar-refractivity contribution is 5.41. The molecule has 1 rings (SSSR count). The third-order valence-corrected chi connectivity index (χ3v) is 2.75. The third kappa shape index (κ3) is 5.38. The fourth-order valence-electron chi connectivity index (χ4n) is 1.80. The van der Waals surface area contributed by atoms with E-state index in [1.807, 2.05) is 6.92 Å². The molecule has 0 saturated carbocycles. The normalized spacial score (nSPS) is 13.3. The van der Waals surface area contributed by atoms with E-state index in [4.69, 9.17) is 5.73 Å². The molecule has 0 bridgehead atoms. The van der Waals surface area contributed by atoms with Crippen molar-refractivity contribution in [1.82, 2.24) is 0 Å². The number of phenols is 1. The molecule has 0 amide bonds. The summed E-state index contributed by atoms with van der Waals surface area (Å²) in [5, 5.41) is 9.64. The van der Waals surface area contributed by atoms with Crippen molar-refractivity contribution in [3.8, 4) is 11.5 Å². The van der Waals surface area contributed by atoms with Crippen molar-refractivity contribution in [2.75, 3.05) is 0 Å². The Labute approximate surface area is 110 Å². The smallest absolute Gasteiger partial charge is 0.508 e. The molecular weight excluding hydrogens is 259 g/mol. The van der Waals surface area contributed by atoms with Gasteiger partial charge in [0.2, 0.25) is 0 Å². The van der Waals surface area contributed by atoms with Crippen LogP contribution in [0.5, 0.6) is 11.5 Å². The molecule has 0 unspecified atom stereocenters. The Bertz CT molecular complexity index is 407. The number of nitrogens with two attached hydrogens (primary N) is 1. The molecule has 3 N–H and O–H groups in total. The van der Waals surface area contributed by atoms with Crippen LogP contribution in [0.3, 0.4) is 0 Å². The molecule has 19 heavy (non-hydrogen) atoms. The number of ether oxygens (including phenoxy) is 1. The van der Waals surface area contributed by atoms with E-state index in [1.54, 1.807) is 0 Å². The molecule has 108 valence electrons. The molecule has 0 spiro atoms. The molecule has 0 aliphatic carbocycles. The predicted molar refractivity (Wildman–Crippen MR) is 65.9 cm³/mol. The zero-order valence-electron chi connectivity index (χ0n) is 10.7. The summed E-state index contributed by atoms with van der Waals surface area (Å²) < 4.78 is 40.1. The van der Waals surface area contributed by atoms with Crippen molar-refractivity contribution in [2.45, 2.75) is 45.0 Å². The zero-order valence-corrected chi connectivity index (χ0v) is 10.7. The molecule has 1 aromatic rings. The Morgan fingerprint density at radius 2 is 2.00 bits per heavy atom. The molecule has 1 aromatic carbocycles. The van der Waals surface area contributed by atoms with E-state index in [0.29, 0.717) is 6.42 Å². The van der Waals surface area contributed by atoms with Gasteiger partial charge >= 0.3 is 6.36 Å². The summed E-state index contributed by atoms with van der Waals surface area (Å²) >= 11 is 0. The molecule has 0 saturated heterocycles. The second-order valence-corrected chi connectivity index (χ2v) is 4.37. The number of rotatable bonds is 6. The number of hydrogen-bond donors (Lipinski definition) is 2. The molecule has 0 fully saturated rings. The molecule has 0 heterocycles. The van der Waals surface area contributed by atoms with E-state index >= 15 is 0 Å². The third-order valence-electron chi connectivity index (χ3n) is 2.75. The number of alkyl halides is 3. The van der Waals surface area contributed by atoms with E-state index in [0.717, 1.165) is 37.5 Å². The van der Waals surface area contributed by atoms with Crippen molar-refractivity contribution < 1.29 is 23.0 Å². The van der Waals surface area contributed by atoms with Crippen LogP contribution in [0, 0.1) is 0 Å². The van der Waals surface area contributed by atoms with Gasteiger partial charge in [-0.15, -0.1) is 13.2 Å². The minimum absolute atomic E-state index is 0.112. The number of unbranched alkanes of at least 4 members (excludes halogenated alkanes) is 2. The van der Waals surface area contributed by atoms with Crippen molar-refractivity contribution in [1.29, 1.82) is 0 Å². The molecule has 1 atom stereocenters. The summed E-state index contributed by atoms with van der Waals surface area (Å²) in [7, 11) is 0. The Hall–Kier alpha value is -1.43. The highest BCUT2D eigenvalue weighted by Gasteiger charge is 2.31. The first kappa shape index (κ1) is 15.6. The summed E-state index contributed by atoms with van der Waals surface area (Å²) in [5.74, 6) is -0.482. The number of aromatic hydroxyl groups is 1. The number of phenolic OH excluding ortho intramolecular Hbond substituents is 1. The SMILES string of the molecule is CCCCC[C@H](N)c1cc(OC(F)(F)F)ccc1O. The minimum atomic E-state index is -4.75. The van der Waals surface area contributed by atoms with Crippen LogP contribution in [0.15, 0.2) is 18.2 Å². The van der Waals surface area contributed by atoms with Crippen LogP contribution >= 0.6 is 0 Å². The minimum Gasteiger partial charge on any atom is -0.508 e. The van der Waals surface area contributed by atoms with Gasteiger partial charge in [-0.2, -0.15) is 0 Å². The van der Waals surface area contributed by atoms with E-state index in [9.17, 15) is 18.3 Å². The van der Waals surface area contributed by atoms with E-state index < -0.39 is 12.4 Å². The lowest BCUT2D eigenvalue weighted by atomic mass is 10.0. The van der Waals surface area contributed by atoms with Gasteiger partial charge in [-0.25, -0.2) is 0 Å². The maximum absolute atomic E-state index is 12.1. The standard InChI is InChI=1S/C13H18F3NO2/c1-2-3-4-5-11(17)10-8-9(6-7-12(10)18)19-13(14,15)16/h6-8,11,18H,2-5,17H2,1H3/t11-/m0/s1. The van der Waals surface area contributed by atoms with Crippen molar-refractivity contribution in [3.63, 3.8) is 0 Å². The monoisotopic (exact) mass is 277 g/mol. The average molecular weight is 277 g/mol. The second-order valence-electron chi connectivity index (χ2n) is 4.37. The first-order valence-corrected chi connectivity index (χ1v) is 6.17. The summed E-state index contributed by atoms with van der Waals surface area (Å²) in [6.45, 7) is 2.04. The lowest BCUT2D eigenvalue weighted by molar-refractivity contribution is -0.274. The molecule has 0 aliphatic heterocycles. The maximum atomic E-state index is 12.1. The Morgan fingerprint density at radius 3 is 2.58 bits per heavy atom. The fourth-order valence-corrected chi connectivity index (χ4v) is 1.80. The number of hydrogen-bond acceptors (Lipinski definition) is 3. The van der Waals surface area contributed by atoms with Crippen LogP contribution in [0.25, 0.3) is 0 Å². The molecule has 0 aromatic heterocycles. The van der Waals surface area contributed by atoms with Crippen molar-refractivity contribution in [2.24, 2.45) is 5.73 Å². The summed E-state index contributed by atoms with van der Waals surface area (Å²) in [4.78, 5) is 0. The van der Waals surface area contributed by atoms with Crippen LogP contribution in [-0.2, 0) is 0 Å². The van der Waals surface area contributed by atoms with Gasteiger partial charge in [0.1, 0.15) is 11.5 Å². The van der Waals surface area contributed by atoms with Gasteiger partial charge in [-0.05, 0) is 24.6 Å². The number of halogens is 3. The Morgan fingerprint density at radius 1 is 1.32 bits per heavy atom. The quantitative estimate of drug-likeness (QED) is 0.776. The van der Waals surface area contributed by atoms with Crippen LogP contribution in [0.2, 0.25) is 0 Å². The molecule has 6 heteroatoms. The van der Waals surface area contributed by atoms with Crippen LogP contribution in [0.4, 0.5) is 13.2 Å². The van der Waals surface area contributed by atoms with Gasteiger partial charge in [-0.3, -0.25) is 0 Å². The van der Waals surface area contributed by atoms with E-state index in [1.165, 1.54) is 0 Å². The number of benzene rings is 1. The van der Waals surface area contributed by atoms with Gasteiger partial charge < -0.3 is 15.6 Å². The lowest BCUT2D eigenvalue weighted by Gasteiger charge is -2.16. The van der Waals surface area contributed by atoms with E-state index in [2.05, 4.69) is 4.74 Å². The van der Waals surface area contributed by atoms with Gasteiger partial charge in [0.15, 0.2) is 0 Å². The summed E-state index contributed by atoms with van der Waals surface area (Å²) in [6.07, 6.45) is -1.26. The first-order valence-electron chi connectivity index (χ1n) is 6.17. The lowest BCUT2D eigenvalue weighted by Crippen LogP contribution is -2.18. The average Bonchev–Trinajstić information content (AvgIpc) is 2.30. The highest BCUT2D eigenvalue weighted by atomic mass is 19.4. The van der Waals surface area contributed by atoms with Gasteiger partial charge in [0.05, 0.1) is 0 Å². The Kier molecular flexibility index (Phi) is 5.47. The summed E-state index contributed by atoms with van der Waals surface area (Å²) in [6, 6.07) is 2.86. The Balaban J connectivity index is 2.78. The second kappa shape index (κ2) is 6.65. The van der Waals surface area contributed by atoms with Gasteiger partial charge in [0, 0.05) is 11.6 Å². The topological polar surface area (TPSA) is 55.5 Å².